The van der Waals surface area contributed by atoms with E-state index in [1.165, 1.54) is 13.0 Å². The summed E-state index contributed by atoms with van der Waals surface area (Å²) in [5.74, 6) is 0. The lowest BCUT2D eigenvalue weighted by Crippen LogP contribution is -1.99. The molecule has 0 saturated heterocycles. The van der Waals surface area contributed by atoms with Crippen molar-refractivity contribution in [2.75, 3.05) is 0 Å². The average molecular weight is 291 g/mol. The molecule has 0 bridgehead atoms. The van der Waals surface area contributed by atoms with Gasteiger partial charge in [-0.15, -0.1) is 0 Å². The van der Waals surface area contributed by atoms with Gasteiger partial charge in [0.15, 0.2) is 0 Å². The van der Waals surface area contributed by atoms with Crippen molar-refractivity contribution in [3.63, 3.8) is 0 Å². The fraction of sp³-hybridized carbons (Fsp3) is 0.111. The first kappa shape index (κ1) is 12.8. The summed E-state index contributed by atoms with van der Waals surface area (Å²) in [6.45, 7) is 1.39. The van der Waals surface area contributed by atoms with Gasteiger partial charge in [0.25, 0.3) is 15.8 Å². The first-order chi connectivity index (χ1) is 8.21. The number of fused-ring (bicyclic) bond motifs is 1. The molecular formula is C9H7ClN2O5S. The van der Waals surface area contributed by atoms with Gasteiger partial charge in [-0.3, -0.25) is 14.7 Å². The van der Waals surface area contributed by atoms with Crippen LogP contribution in [0.25, 0.3) is 10.9 Å². The van der Waals surface area contributed by atoms with Gasteiger partial charge in [0.1, 0.15) is 10.4 Å². The SMILES string of the molecule is Cc1[nH]c2c([N+](=O)[O-])cc(Cl)cc2c1S(=O)(=O)O. The van der Waals surface area contributed by atoms with E-state index in [1.807, 2.05) is 0 Å². The molecule has 0 radical (unpaired) electrons. The van der Waals surface area contributed by atoms with Crippen molar-refractivity contribution in [1.29, 1.82) is 0 Å². The lowest BCUT2D eigenvalue weighted by Gasteiger charge is -1.98. The maximum absolute atomic E-state index is 11.2. The molecule has 9 heteroatoms. The van der Waals surface area contributed by atoms with Gasteiger partial charge in [0, 0.05) is 22.2 Å². The van der Waals surface area contributed by atoms with E-state index < -0.39 is 19.9 Å². The second kappa shape index (κ2) is 3.94. The van der Waals surface area contributed by atoms with E-state index in [-0.39, 0.29) is 27.3 Å². The van der Waals surface area contributed by atoms with Crippen LogP contribution in [0.1, 0.15) is 5.69 Å². The number of aromatic amines is 1. The third-order valence-electron chi connectivity index (χ3n) is 2.43. The van der Waals surface area contributed by atoms with Crippen LogP contribution in [0.4, 0.5) is 5.69 Å². The zero-order valence-electron chi connectivity index (χ0n) is 8.97. The molecule has 0 aliphatic rings. The summed E-state index contributed by atoms with van der Waals surface area (Å²) in [5, 5.41) is 10.9. The largest absolute Gasteiger partial charge is 0.352 e. The molecule has 0 unspecified atom stereocenters. The van der Waals surface area contributed by atoms with E-state index >= 15 is 0 Å². The Labute approximate surface area is 106 Å². The molecular weight excluding hydrogens is 284 g/mol. The zero-order chi connectivity index (χ0) is 13.7. The van der Waals surface area contributed by atoms with Crippen LogP contribution in [-0.2, 0) is 10.1 Å². The standard InChI is InChI=1S/C9H7ClN2O5S/c1-4-9(18(15,16)17)6-2-5(10)3-7(12(13)14)8(6)11-4/h2-3,11H,1H3,(H,15,16,17). The lowest BCUT2D eigenvalue weighted by atomic mass is 10.2. The van der Waals surface area contributed by atoms with E-state index in [4.69, 9.17) is 16.2 Å². The van der Waals surface area contributed by atoms with Gasteiger partial charge in [-0.1, -0.05) is 11.6 Å². The molecule has 18 heavy (non-hydrogen) atoms. The van der Waals surface area contributed by atoms with Gasteiger partial charge in [0.05, 0.1) is 4.92 Å². The smallest absolute Gasteiger partial charge is 0.296 e. The van der Waals surface area contributed by atoms with Crippen molar-refractivity contribution in [3.8, 4) is 0 Å². The molecule has 0 amide bonds. The molecule has 0 atom stereocenters. The molecule has 7 nitrogen and oxygen atoms in total. The minimum absolute atomic E-state index is 0.00537. The fourth-order valence-electron chi connectivity index (χ4n) is 1.83. The van der Waals surface area contributed by atoms with Crippen molar-refractivity contribution >= 4 is 38.3 Å². The molecule has 1 heterocycles. The molecule has 2 rings (SSSR count). The summed E-state index contributed by atoms with van der Waals surface area (Å²) in [4.78, 5) is 12.3. The zero-order valence-corrected chi connectivity index (χ0v) is 10.5. The molecule has 2 N–H and O–H groups in total. The maximum Gasteiger partial charge on any atom is 0.296 e. The third-order valence-corrected chi connectivity index (χ3v) is 3.69. The third kappa shape index (κ3) is 1.94. The molecule has 0 aliphatic carbocycles. The number of aromatic nitrogens is 1. The second-order valence-electron chi connectivity index (χ2n) is 3.66. The molecule has 96 valence electrons. The molecule has 0 saturated carbocycles. The number of aryl methyl sites for hydroxylation is 1. The number of benzene rings is 1. The molecule has 0 spiro atoms. The van der Waals surface area contributed by atoms with Crippen molar-refractivity contribution in [3.05, 3.63) is 33.0 Å². The number of nitro groups is 1. The van der Waals surface area contributed by atoms with E-state index in [0.717, 1.165) is 6.07 Å². The maximum atomic E-state index is 11.2. The van der Waals surface area contributed by atoms with Crippen LogP contribution in [0.3, 0.4) is 0 Å². The number of hydrogen-bond donors (Lipinski definition) is 2. The average Bonchev–Trinajstić information content (AvgIpc) is 2.51. The Hall–Kier alpha value is -1.64. The first-order valence-corrected chi connectivity index (χ1v) is 6.47. The van der Waals surface area contributed by atoms with Gasteiger partial charge < -0.3 is 4.98 Å². The normalized spacial score (nSPS) is 11.9. The van der Waals surface area contributed by atoms with Crippen LogP contribution >= 0.6 is 11.6 Å². The highest BCUT2D eigenvalue weighted by Crippen LogP contribution is 2.34. The molecule has 0 fully saturated rings. The highest BCUT2D eigenvalue weighted by atomic mass is 35.5. The predicted molar refractivity (Wildman–Crippen MR) is 64.5 cm³/mol. The van der Waals surface area contributed by atoms with Crippen molar-refractivity contribution in [2.24, 2.45) is 0 Å². The van der Waals surface area contributed by atoms with Crippen LogP contribution in [0.2, 0.25) is 5.02 Å². The van der Waals surface area contributed by atoms with E-state index in [2.05, 4.69) is 4.98 Å². The minimum atomic E-state index is -4.49. The number of H-pyrrole nitrogens is 1. The van der Waals surface area contributed by atoms with Crippen molar-refractivity contribution in [1.82, 2.24) is 4.98 Å². The predicted octanol–water partition coefficient (Wildman–Crippen LogP) is 2.28. The molecule has 0 aliphatic heterocycles. The Morgan fingerprint density at radius 3 is 2.56 bits per heavy atom. The van der Waals surface area contributed by atoms with Crippen LogP contribution in [0, 0.1) is 17.0 Å². The Kier molecular flexibility index (Phi) is 2.80. The second-order valence-corrected chi connectivity index (χ2v) is 5.45. The number of hydrogen-bond acceptors (Lipinski definition) is 4. The van der Waals surface area contributed by atoms with E-state index in [9.17, 15) is 18.5 Å². The van der Waals surface area contributed by atoms with Gasteiger partial charge in [-0.05, 0) is 13.0 Å². The Morgan fingerprint density at radius 1 is 1.44 bits per heavy atom. The number of halogens is 1. The Morgan fingerprint density at radius 2 is 2.06 bits per heavy atom. The highest BCUT2D eigenvalue weighted by Gasteiger charge is 2.25. The summed E-state index contributed by atoms with van der Waals surface area (Å²) < 4.78 is 31.6. The van der Waals surface area contributed by atoms with E-state index in [1.54, 1.807) is 0 Å². The molecule has 2 aromatic rings. The number of non-ortho nitro benzene ring substituents is 1. The van der Waals surface area contributed by atoms with Crippen LogP contribution in [-0.4, -0.2) is 22.9 Å². The Balaban J connectivity index is 3.01. The van der Waals surface area contributed by atoms with Crippen molar-refractivity contribution < 1.29 is 17.9 Å². The quantitative estimate of drug-likeness (QED) is 0.500. The summed E-state index contributed by atoms with van der Waals surface area (Å²) in [7, 11) is -4.49. The summed E-state index contributed by atoms with van der Waals surface area (Å²) >= 11 is 5.70. The lowest BCUT2D eigenvalue weighted by molar-refractivity contribution is -0.383. The van der Waals surface area contributed by atoms with E-state index in [0.29, 0.717) is 0 Å². The van der Waals surface area contributed by atoms with Gasteiger partial charge in [-0.25, -0.2) is 0 Å². The number of nitro benzene ring substituents is 1. The number of nitrogens with zero attached hydrogens (tertiary/aromatic N) is 1. The van der Waals surface area contributed by atoms with Crippen LogP contribution in [0.15, 0.2) is 17.0 Å². The number of rotatable bonds is 2. The van der Waals surface area contributed by atoms with Crippen LogP contribution in [0.5, 0.6) is 0 Å². The minimum Gasteiger partial charge on any atom is -0.352 e. The Bertz CT molecular complexity index is 765. The summed E-state index contributed by atoms with van der Waals surface area (Å²) in [5.41, 5.74) is -0.233. The summed E-state index contributed by atoms with van der Waals surface area (Å²) in [6, 6.07) is 2.35. The van der Waals surface area contributed by atoms with Crippen molar-refractivity contribution in [2.45, 2.75) is 11.8 Å². The highest BCUT2D eigenvalue weighted by molar-refractivity contribution is 7.86. The fourth-order valence-corrected chi connectivity index (χ4v) is 2.91. The summed E-state index contributed by atoms with van der Waals surface area (Å²) in [6.07, 6.45) is 0. The van der Waals surface area contributed by atoms with Gasteiger partial charge >= 0.3 is 0 Å². The van der Waals surface area contributed by atoms with Gasteiger partial charge in [0.2, 0.25) is 0 Å². The van der Waals surface area contributed by atoms with Gasteiger partial charge in [-0.2, -0.15) is 8.42 Å². The molecule has 1 aromatic heterocycles. The molecule has 1 aromatic carbocycles. The number of nitrogens with one attached hydrogen (secondary N) is 1. The monoisotopic (exact) mass is 290 g/mol. The topological polar surface area (TPSA) is 113 Å². The van der Waals surface area contributed by atoms with Crippen LogP contribution < -0.4 is 0 Å². The first-order valence-electron chi connectivity index (χ1n) is 4.65.